The highest BCUT2D eigenvalue weighted by atomic mass is 16.2. The van der Waals surface area contributed by atoms with Gasteiger partial charge in [0.1, 0.15) is 0 Å². The van der Waals surface area contributed by atoms with Crippen LogP contribution in [-0.2, 0) is 0 Å². The summed E-state index contributed by atoms with van der Waals surface area (Å²) in [5.41, 5.74) is 9.97. The Morgan fingerprint density at radius 3 is 2.30 bits per heavy atom. The van der Waals surface area contributed by atoms with Gasteiger partial charge in [0.15, 0.2) is 0 Å². The molecule has 4 rings (SSSR count). The molecule has 0 radical (unpaired) electrons. The van der Waals surface area contributed by atoms with E-state index in [2.05, 4.69) is 10.2 Å². The zero-order valence-electron chi connectivity index (χ0n) is 17.1. The number of nitrogens with zero attached hydrogens (tertiary/aromatic N) is 2. The number of primary amides is 1. The van der Waals surface area contributed by atoms with E-state index in [9.17, 15) is 9.59 Å². The summed E-state index contributed by atoms with van der Waals surface area (Å²) in [6.45, 7) is 3.88. The molecule has 0 atom stereocenters. The Hall–Kier alpha value is -3.54. The van der Waals surface area contributed by atoms with Crippen LogP contribution in [0.4, 0.5) is 11.4 Å². The van der Waals surface area contributed by atoms with Crippen LogP contribution in [0.2, 0.25) is 0 Å². The highest BCUT2D eigenvalue weighted by Crippen LogP contribution is 2.30. The lowest BCUT2D eigenvalue weighted by atomic mass is 10.1. The van der Waals surface area contributed by atoms with Crippen molar-refractivity contribution in [3.8, 4) is 5.69 Å². The molecule has 2 heterocycles. The number of aromatic nitrogens is 1. The molecule has 1 saturated heterocycles. The Morgan fingerprint density at radius 1 is 0.900 bits per heavy atom. The van der Waals surface area contributed by atoms with Gasteiger partial charge in [-0.3, -0.25) is 9.59 Å². The van der Waals surface area contributed by atoms with E-state index in [-0.39, 0.29) is 5.91 Å². The summed E-state index contributed by atoms with van der Waals surface area (Å²) in [7, 11) is 0. The average Bonchev–Trinajstić information content (AvgIpc) is 3.29. The van der Waals surface area contributed by atoms with Crippen LogP contribution in [0.3, 0.4) is 0 Å². The monoisotopic (exact) mass is 402 g/mol. The third-order valence-electron chi connectivity index (χ3n) is 5.58. The molecule has 1 aromatic heterocycles. The Labute approximate surface area is 176 Å². The Morgan fingerprint density at radius 2 is 1.60 bits per heavy atom. The van der Waals surface area contributed by atoms with Gasteiger partial charge in [-0.15, -0.1) is 0 Å². The van der Waals surface area contributed by atoms with Crippen molar-refractivity contribution in [2.24, 2.45) is 5.73 Å². The third kappa shape index (κ3) is 4.08. The van der Waals surface area contributed by atoms with Gasteiger partial charge in [0, 0.05) is 42.3 Å². The molecule has 0 bridgehead atoms. The van der Waals surface area contributed by atoms with Crippen LogP contribution in [0.1, 0.15) is 45.5 Å². The molecule has 2 aromatic carbocycles. The van der Waals surface area contributed by atoms with Crippen LogP contribution in [-0.4, -0.2) is 29.5 Å². The maximum atomic E-state index is 13.1. The van der Waals surface area contributed by atoms with E-state index in [4.69, 9.17) is 5.73 Å². The van der Waals surface area contributed by atoms with Crippen LogP contribution >= 0.6 is 0 Å². The average molecular weight is 402 g/mol. The van der Waals surface area contributed by atoms with E-state index in [1.807, 2.05) is 60.3 Å². The lowest BCUT2D eigenvalue weighted by Crippen LogP contribution is -2.30. The summed E-state index contributed by atoms with van der Waals surface area (Å²) < 4.78 is 1.99. The number of hydrogen-bond donors (Lipinski definition) is 2. The van der Waals surface area contributed by atoms with Crippen LogP contribution in [0.25, 0.3) is 5.69 Å². The van der Waals surface area contributed by atoms with Crippen molar-refractivity contribution in [2.45, 2.75) is 26.2 Å². The van der Waals surface area contributed by atoms with E-state index in [0.29, 0.717) is 16.8 Å². The minimum absolute atomic E-state index is 0.219. The molecule has 6 nitrogen and oxygen atoms in total. The van der Waals surface area contributed by atoms with Crippen molar-refractivity contribution in [1.29, 1.82) is 0 Å². The molecule has 2 amide bonds. The second-order valence-electron chi connectivity index (χ2n) is 7.69. The number of nitrogens with two attached hydrogens (primary N) is 1. The van der Waals surface area contributed by atoms with Gasteiger partial charge in [-0.1, -0.05) is 6.07 Å². The van der Waals surface area contributed by atoms with Crippen molar-refractivity contribution >= 4 is 23.2 Å². The van der Waals surface area contributed by atoms with Crippen LogP contribution in [0.5, 0.6) is 0 Å². The van der Waals surface area contributed by atoms with Crippen LogP contribution < -0.4 is 16.0 Å². The zero-order valence-corrected chi connectivity index (χ0v) is 17.1. The van der Waals surface area contributed by atoms with Gasteiger partial charge in [0.25, 0.3) is 5.91 Å². The van der Waals surface area contributed by atoms with Crippen molar-refractivity contribution in [2.75, 3.05) is 23.3 Å². The zero-order chi connectivity index (χ0) is 21.1. The molecule has 1 aliphatic rings. The maximum absolute atomic E-state index is 13.1. The van der Waals surface area contributed by atoms with E-state index in [1.165, 1.54) is 6.42 Å². The number of rotatable bonds is 5. The van der Waals surface area contributed by atoms with Crippen molar-refractivity contribution < 1.29 is 9.59 Å². The number of benzene rings is 2. The molecule has 6 heteroatoms. The van der Waals surface area contributed by atoms with Gasteiger partial charge in [-0.2, -0.15) is 0 Å². The number of nitrogens with one attached hydrogen (secondary N) is 1. The van der Waals surface area contributed by atoms with Gasteiger partial charge in [-0.25, -0.2) is 0 Å². The number of carbonyl (C=O) groups excluding carboxylic acids is 2. The van der Waals surface area contributed by atoms with Crippen LogP contribution in [0.15, 0.2) is 60.9 Å². The van der Waals surface area contributed by atoms with Gasteiger partial charge in [0.05, 0.1) is 11.4 Å². The van der Waals surface area contributed by atoms with Crippen molar-refractivity contribution in [3.63, 3.8) is 0 Å². The van der Waals surface area contributed by atoms with E-state index < -0.39 is 5.91 Å². The van der Waals surface area contributed by atoms with Crippen molar-refractivity contribution in [3.05, 3.63) is 77.6 Å². The fourth-order valence-corrected chi connectivity index (χ4v) is 3.92. The van der Waals surface area contributed by atoms with E-state index >= 15 is 0 Å². The number of aryl methyl sites for hydroxylation is 1. The molecular weight excluding hydrogens is 376 g/mol. The van der Waals surface area contributed by atoms with E-state index in [1.54, 1.807) is 12.1 Å². The smallest absolute Gasteiger partial charge is 0.255 e. The summed E-state index contributed by atoms with van der Waals surface area (Å²) in [5, 5.41) is 3.01. The highest BCUT2D eigenvalue weighted by molar-refractivity contribution is 6.07. The summed E-state index contributed by atoms with van der Waals surface area (Å²) >= 11 is 0. The van der Waals surface area contributed by atoms with Gasteiger partial charge >= 0.3 is 0 Å². The largest absolute Gasteiger partial charge is 0.370 e. The molecule has 3 N–H and O–H groups in total. The molecule has 0 spiro atoms. The summed E-state index contributed by atoms with van der Waals surface area (Å²) in [5.74, 6) is -0.732. The topological polar surface area (TPSA) is 80.4 Å². The quantitative estimate of drug-likeness (QED) is 0.673. The summed E-state index contributed by atoms with van der Waals surface area (Å²) in [4.78, 5) is 27.1. The predicted octanol–water partition coefficient (Wildman–Crippen LogP) is 4.13. The minimum atomic E-state index is -0.513. The highest BCUT2D eigenvalue weighted by Gasteiger charge is 2.18. The van der Waals surface area contributed by atoms with Crippen LogP contribution in [0, 0.1) is 6.92 Å². The maximum Gasteiger partial charge on any atom is 0.255 e. The molecule has 30 heavy (non-hydrogen) atoms. The normalized spacial score (nSPS) is 13.8. The fraction of sp³-hybridized carbons (Fsp3) is 0.250. The van der Waals surface area contributed by atoms with E-state index in [0.717, 1.165) is 42.9 Å². The number of piperidine rings is 1. The molecule has 0 unspecified atom stereocenters. The number of amides is 2. The molecule has 0 aliphatic carbocycles. The Balaban J connectivity index is 1.66. The minimum Gasteiger partial charge on any atom is -0.370 e. The Kier molecular flexibility index (Phi) is 5.57. The second-order valence-corrected chi connectivity index (χ2v) is 7.69. The standard InChI is InChI=1S/C24H26N4O2/c1-17-7-8-19(16-22(17)28-13-5-6-14-28)24(30)26-20-15-18(23(25)29)9-10-21(20)27-11-3-2-4-12-27/h5-10,13-16H,2-4,11-12H2,1H3,(H2,25,29)(H,26,30). The summed E-state index contributed by atoms with van der Waals surface area (Å²) in [6.07, 6.45) is 7.35. The molecular formula is C24H26N4O2. The molecule has 154 valence electrons. The number of carbonyl (C=O) groups is 2. The fourth-order valence-electron chi connectivity index (χ4n) is 3.92. The molecule has 3 aromatic rings. The Bertz CT molecular complexity index is 1070. The molecule has 1 aliphatic heterocycles. The van der Waals surface area contributed by atoms with Gasteiger partial charge in [-0.05, 0) is 74.2 Å². The first kappa shape index (κ1) is 19.8. The lowest BCUT2D eigenvalue weighted by Gasteiger charge is -2.30. The SMILES string of the molecule is Cc1ccc(C(=O)Nc2cc(C(N)=O)ccc2N2CCCCC2)cc1-n1cccc1. The number of hydrogen-bond acceptors (Lipinski definition) is 3. The van der Waals surface area contributed by atoms with Crippen molar-refractivity contribution in [1.82, 2.24) is 4.57 Å². The number of anilines is 2. The molecule has 1 fully saturated rings. The lowest BCUT2D eigenvalue weighted by molar-refractivity contribution is 0.0996. The molecule has 0 saturated carbocycles. The third-order valence-corrected chi connectivity index (χ3v) is 5.58. The predicted molar refractivity (Wildman–Crippen MR) is 119 cm³/mol. The first-order chi connectivity index (χ1) is 14.5. The first-order valence-corrected chi connectivity index (χ1v) is 10.3. The summed E-state index contributed by atoms with van der Waals surface area (Å²) in [6, 6.07) is 14.8. The second kappa shape index (κ2) is 8.45. The first-order valence-electron chi connectivity index (χ1n) is 10.3. The van der Waals surface area contributed by atoms with Gasteiger partial charge in [0.2, 0.25) is 5.91 Å². The van der Waals surface area contributed by atoms with Gasteiger partial charge < -0.3 is 20.5 Å².